The lowest BCUT2D eigenvalue weighted by Gasteiger charge is -2.29. The second-order valence-corrected chi connectivity index (χ2v) is 3.79. The van der Waals surface area contributed by atoms with E-state index in [0.717, 1.165) is 5.56 Å². The molecule has 0 saturated heterocycles. The first-order valence-electron chi connectivity index (χ1n) is 6.46. The van der Waals surface area contributed by atoms with Crippen molar-refractivity contribution in [2.45, 2.75) is 39.0 Å². The van der Waals surface area contributed by atoms with Gasteiger partial charge in [0.25, 0.3) is 0 Å². The average Bonchev–Trinajstić information content (AvgIpc) is 2.47. The maximum absolute atomic E-state index is 12.0. The van der Waals surface area contributed by atoms with Gasteiger partial charge in [0.2, 0.25) is 0 Å². The van der Waals surface area contributed by atoms with E-state index in [1.165, 1.54) is 7.11 Å². The molecule has 1 aromatic carbocycles. The SMILES string of the molecule is C=CCC(CC)(C(=O)OC)c1ccccc1.CC. The molecule has 2 nitrogen and oxygen atoms in total. The molecule has 0 radical (unpaired) electrons. The third-order valence-corrected chi connectivity index (χ3v) is 3.00. The first-order valence-corrected chi connectivity index (χ1v) is 6.46. The van der Waals surface area contributed by atoms with E-state index in [1.54, 1.807) is 6.08 Å². The highest BCUT2D eigenvalue weighted by Crippen LogP contribution is 2.33. The van der Waals surface area contributed by atoms with Gasteiger partial charge in [0.05, 0.1) is 12.5 Å². The Bertz CT molecular complexity index is 357. The van der Waals surface area contributed by atoms with Crippen LogP contribution in [0.3, 0.4) is 0 Å². The number of carbonyl (C=O) groups excluding carboxylic acids is 1. The molecule has 0 N–H and O–H groups in total. The minimum atomic E-state index is -0.586. The molecule has 2 heteroatoms. The summed E-state index contributed by atoms with van der Waals surface area (Å²) in [5.41, 5.74) is 0.404. The molecule has 0 heterocycles. The maximum Gasteiger partial charge on any atom is 0.316 e. The molecular formula is C16H24O2. The van der Waals surface area contributed by atoms with Crippen LogP contribution in [0.4, 0.5) is 0 Å². The van der Waals surface area contributed by atoms with Gasteiger partial charge in [-0.2, -0.15) is 0 Å². The zero-order valence-corrected chi connectivity index (χ0v) is 11.9. The number of benzene rings is 1. The predicted octanol–water partition coefficient (Wildman–Crippen LogP) is 4.11. The van der Waals surface area contributed by atoms with Crippen molar-refractivity contribution in [1.29, 1.82) is 0 Å². The molecule has 0 fully saturated rings. The Kier molecular flexibility index (Phi) is 7.77. The second kappa shape index (κ2) is 8.51. The van der Waals surface area contributed by atoms with Crippen LogP contribution >= 0.6 is 0 Å². The van der Waals surface area contributed by atoms with Crippen molar-refractivity contribution in [2.75, 3.05) is 7.11 Å². The number of allylic oxidation sites excluding steroid dienone is 1. The fraction of sp³-hybridized carbons (Fsp3) is 0.438. The first kappa shape index (κ1) is 16.4. The topological polar surface area (TPSA) is 26.3 Å². The first-order chi connectivity index (χ1) is 8.71. The summed E-state index contributed by atoms with van der Waals surface area (Å²) in [5, 5.41) is 0. The fourth-order valence-corrected chi connectivity index (χ4v) is 2.01. The number of methoxy groups -OCH3 is 1. The summed E-state index contributed by atoms with van der Waals surface area (Å²) in [4.78, 5) is 12.0. The lowest BCUT2D eigenvalue weighted by atomic mass is 9.75. The summed E-state index contributed by atoms with van der Waals surface area (Å²) in [6.45, 7) is 9.72. The van der Waals surface area contributed by atoms with E-state index in [2.05, 4.69) is 6.58 Å². The lowest BCUT2D eigenvalue weighted by Crippen LogP contribution is -2.35. The van der Waals surface area contributed by atoms with E-state index in [9.17, 15) is 4.79 Å². The molecule has 0 amide bonds. The molecule has 1 atom stereocenters. The van der Waals surface area contributed by atoms with Crippen LogP contribution in [0.2, 0.25) is 0 Å². The third-order valence-electron chi connectivity index (χ3n) is 3.00. The van der Waals surface area contributed by atoms with Crippen LogP contribution in [0.25, 0.3) is 0 Å². The van der Waals surface area contributed by atoms with Crippen LogP contribution < -0.4 is 0 Å². The molecule has 0 saturated carbocycles. The Labute approximate surface area is 111 Å². The van der Waals surface area contributed by atoms with Crippen molar-refractivity contribution in [2.24, 2.45) is 0 Å². The maximum atomic E-state index is 12.0. The van der Waals surface area contributed by atoms with Gasteiger partial charge in [0, 0.05) is 0 Å². The van der Waals surface area contributed by atoms with Crippen LogP contribution in [0.5, 0.6) is 0 Å². The number of rotatable bonds is 5. The summed E-state index contributed by atoms with van der Waals surface area (Å²) < 4.78 is 4.93. The van der Waals surface area contributed by atoms with Crippen molar-refractivity contribution < 1.29 is 9.53 Å². The van der Waals surface area contributed by atoms with E-state index >= 15 is 0 Å². The fourth-order valence-electron chi connectivity index (χ4n) is 2.01. The van der Waals surface area contributed by atoms with E-state index in [0.29, 0.717) is 12.8 Å². The van der Waals surface area contributed by atoms with Gasteiger partial charge >= 0.3 is 5.97 Å². The molecule has 0 aliphatic heterocycles. The Hall–Kier alpha value is -1.57. The summed E-state index contributed by atoms with van der Waals surface area (Å²) in [6.07, 6.45) is 3.07. The van der Waals surface area contributed by atoms with Crippen LogP contribution in [0.1, 0.15) is 39.2 Å². The molecule has 0 aliphatic carbocycles. The molecule has 1 aromatic rings. The standard InChI is InChI=1S/C14H18O2.C2H6/c1-4-11-14(5-2,13(15)16-3)12-9-7-6-8-10-12;1-2/h4,6-10H,1,5,11H2,2-3H3;1-2H3. The summed E-state index contributed by atoms with van der Waals surface area (Å²) in [6, 6.07) is 9.74. The van der Waals surface area contributed by atoms with Gasteiger partial charge in [-0.15, -0.1) is 6.58 Å². The highest BCUT2D eigenvalue weighted by Gasteiger charge is 2.38. The highest BCUT2D eigenvalue weighted by molar-refractivity contribution is 5.83. The number of hydrogen-bond donors (Lipinski definition) is 0. The van der Waals surface area contributed by atoms with E-state index in [-0.39, 0.29) is 5.97 Å². The molecule has 1 unspecified atom stereocenters. The van der Waals surface area contributed by atoms with Gasteiger partial charge in [-0.25, -0.2) is 0 Å². The number of esters is 1. The minimum absolute atomic E-state index is 0.193. The van der Waals surface area contributed by atoms with Gasteiger partial charge in [0.1, 0.15) is 0 Å². The Morgan fingerprint density at radius 1 is 1.33 bits per heavy atom. The van der Waals surface area contributed by atoms with E-state index in [4.69, 9.17) is 4.74 Å². The molecule has 0 spiro atoms. The Morgan fingerprint density at radius 3 is 2.28 bits per heavy atom. The van der Waals surface area contributed by atoms with E-state index in [1.807, 2.05) is 51.1 Å². The van der Waals surface area contributed by atoms with Gasteiger partial charge in [-0.05, 0) is 18.4 Å². The van der Waals surface area contributed by atoms with Crippen molar-refractivity contribution in [1.82, 2.24) is 0 Å². The molecule has 0 aliphatic rings. The molecule has 0 aromatic heterocycles. The zero-order chi connectivity index (χ0) is 14.0. The number of hydrogen-bond acceptors (Lipinski definition) is 2. The molecule has 1 rings (SSSR count). The van der Waals surface area contributed by atoms with E-state index < -0.39 is 5.41 Å². The largest absolute Gasteiger partial charge is 0.468 e. The number of ether oxygens (including phenoxy) is 1. The third kappa shape index (κ3) is 3.46. The van der Waals surface area contributed by atoms with Crippen LogP contribution in [-0.2, 0) is 14.9 Å². The quantitative estimate of drug-likeness (QED) is 0.579. The second-order valence-electron chi connectivity index (χ2n) is 3.79. The van der Waals surface area contributed by atoms with Gasteiger partial charge in [-0.1, -0.05) is 57.2 Å². The van der Waals surface area contributed by atoms with Crippen molar-refractivity contribution >= 4 is 5.97 Å². The Morgan fingerprint density at radius 2 is 1.89 bits per heavy atom. The average molecular weight is 248 g/mol. The van der Waals surface area contributed by atoms with Crippen LogP contribution in [0, 0.1) is 0 Å². The lowest BCUT2D eigenvalue weighted by molar-refractivity contribution is -0.147. The molecule has 0 bridgehead atoms. The predicted molar refractivity (Wildman–Crippen MR) is 76.6 cm³/mol. The van der Waals surface area contributed by atoms with Crippen molar-refractivity contribution in [3.05, 3.63) is 48.6 Å². The normalized spacial score (nSPS) is 12.7. The Balaban J connectivity index is 0.00000137. The molecule has 18 heavy (non-hydrogen) atoms. The number of carbonyl (C=O) groups is 1. The highest BCUT2D eigenvalue weighted by atomic mass is 16.5. The van der Waals surface area contributed by atoms with Crippen molar-refractivity contribution in [3.63, 3.8) is 0 Å². The van der Waals surface area contributed by atoms with Crippen LogP contribution in [-0.4, -0.2) is 13.1 Å². The zero-order valence-electron chi connectivity index (χ0n) is 11.9. The summed E-state index contributed by atoms with van der Waals surface area (Å²) in [5.74, 6) is -0.193. The van der Waals surface area contributed by atoms with Gasteiger partial charge in [-0.3, -0.25) is 4.79 Å². The van der Waals surface area contributed by atoms with Crippen LogP contribution in [0.15, 0.2) is 43.0 Å². The van der Waals surface area contributed by atoms with Gasteiger partial charge in [0.15, 0.2) is 0 Å². The molecule has 100 valence electrons. The summed E-state index contributed by atoms with van der Waals surface area (Å²) >= 11 is 0. The monoisotopic (exact) mass is 248 g/mol. The summed E-state index contributed by atoms with van der Waals surface area (Å²) in [7, 11) is 1.43. The van der Waals surface area contributed by atoms with Gasteiger partial charge < -0.3 is 4.74 Å². The smallest absolute Gasteiger partial charge is 0.316 e. The minimum Gasteiger partial charge on any atom is -0.468 e. The van der Waals surface area contributed by atoms with Crippen molar-refractivity contribution in [3.8, 4) is 0 Å². The molecular weight excluding hydrogens is 224 g/mol.